The first-order valence-electron chi connectivity index (χ1n) is 9.63. The van der Waals surface area contributed by atoms with Gasteiger partial charge in [0.15, 0.2) is 11.8 Å². The molecular formula is C19H20FN5O5S. The Morgan fingerprint density at radius 3 is 2.65 bits per heavy atom. The lowest BCUT2D eigenvalue weighted by atomic mass is 9.89. The number of primary amides is 1. The van der Waals surface area contributed by atoms with Gasteiger partial charge in [-0.15, -0.1) is 0 Å². The van der Waals surface area contributed by atoms with Crippen molar-refractivity contribution in [3.8, 4) is 0 Å². The Morgan fingerprint density at radius 2 is 2.06 bits per heavy atom. The number of benzene rings is 1. The Hall–Kier alpha value is -2.83. The van der Waals surface area contributed by atoms with Crippen molar-refractivity contribution >= 4 is 45.5 Å². The Balaban J connectivity index is 1.98. The molecule has 4 rings (SSSR count). The first-order valence-corrected chi connectivity index (χ1v) is 10.4. The van der Waals surface area contributed by atoms with E-state index in [0.29, 0.717) is 37.9 Å². The molecule has 3 aliphatic rings. The number of piperazine rings is 1. The number of amides is 3. The van der Waals surface area contributed by atoms with E-state index in [2.05, 4.69) is 10.3 Å². The molecule has 12 heteroatoms. The van der Waals surface area contributed by atoms with Gasteiger partial charge in [-0.05, 0) is 36.9 Å². The smallest absolute Gasteiger partial charge is 0.416 e. The van der Waals surface area contributed by atoms with E-state index < -0.39 is 46.5 Å². The van der Waals surface area contributed by atoms with Gasteiger partial charge in [0, 0.05) is 26.2 Å². The number of rotatable bonds is 5. The molecule has 3 amide bonds. The second-order valence-electron chi connectivity index (χ2n) is 7.39. The first-order chi connectivity index (χ1) is 14.8. The fraction of sp³-hybridized carbons (Fsp3) is 0.421. The van der Waals surface area contributed by atoms with Crippen LogP contribution in [0.5, 0.6) is 0 Å². The fourth-order valence-electron chi connectivity index (χ4n) is 4.16. The molecule has 164 valence electrons. The van der Waals surface area contributed by atoms with Gasteiger partial charge < -0.3 is 15.8 Å². The molecule has 0 aliphatic carbocycles. The molecule has 2 fully saturated rings. The largest absolute Gasteiger partial charge is 0.440 e. The highest BCUT2D eigenvalue weighted by Gasteiger charge is 2.66. The van der Waals surface area contributed by atoms with Gasteiger partial charge >= 0.3 is 12.0 Å². The van der Waals surface area contributed by atoms with Crippen molar-refractivity contribution in [2.75, 3.05) is 31.1 Å². The number of cyclic esters (lactones) is 1. The minimum Gasteiger partial charge on any atom is -0.440 e. The van der Waals surface area contributed by atoms with Crippen LogP contribution in [0.15, 0.2) is 29.3 Å². The molecule has 0 bridgehead atoms. The summed E-state index contributed by atoms with van der Waals surface area (Å²) in [6.45, 7) is 3.32. The van der Waals surface area contributed by atoms with E-state index >= 15 is 0 Å². The summed E-state index contributed by atoms with van der Waals surface area (Å²) in [6, 6.07) is 5.28. The highest BCUT2D eigenvalue weighted by atomic mass is 32.2. The number of thioether (sulfide) groups is 1. The van der Waals surface area contributed by atoms with Crippen LogP contribution in [0.2, 0.25) is 0 Å². The maximum absolute atomic E-state index is 14.1. The molecule has 1 aromatic rings. The monoisotopic (exact) mass is 449 g/mol. The lowest BCUT2D eigenvalue weighted by Crippen LogP contribution is -2.71. The molecule has 0 aromatic heterocycles. The molecule has 3 unspecified atom stereocenters. The molecule has 0 spiro atoms. The number of carbonyl (C=O) groups excluding carboxylic acids is 4. The van der Waals surface area contributed by atoms with E-state index in [1.807, 2.05) is 4.90 Å². The van der Waals surface area contributed by atoms with Crippen LogP contribution in [0.25, 0.3) is 0 Å². The third kappa shape index (κ3) is 3.40. The van der Waals surface area contributed by atoms with Gasteiger partial charge in [0.2, 0.25) is 5.91 Å². The zero-order valence-electron chi connectivity index (χ0n) is 16.5. The minimum atomic E-state index is -1.63. The van der Waals surface area contributed by atoms with Crippen molar-refractivity contribution in [2.24, 2.45) is 16.6 Å². The van der Waals surface area contributed by atoms with E-state index in [0.717, 1.165) is 6.07 Å². The fourth-order valence-corrected chi connectivity index (χ4v) is 5.08. The van der Waals surface area contributed by atoms with Crippen molar-refractivity contribution in [1.29, 1.82) is 0 Å². The molecule has 3 heterocycles. The van der Waals surface area contributed by atoms with Crippen LogP contribution >= 0.6 is 11.8 Å². The lowest BCUT2D eigenvalue weighted by molar-refractivity contribution is -0.130. The van der Waals surface area contributed by atoms with E-state index in [-0.39, 0.29) is 10.7 Å². The van der Waals surface area contributed by atoms with E-state index in [1.165, 1.54) is 30.0 Å². The quantitative estimate of drug-likeness (QED) is 0.604. The summed E-state index contributed by atoms with van der Waals surface area (Å²) in [5.74, 6) is -3.30. The molecule has 10 nitrogen and oxygen atoms in total. The van der Waals surface area contributed by atoms with E-state index in [9.17, 15) is 23.6 Å². The number of hydrogen-bond acceptors (Lipinski definition) is 8. The van der Waals surface area contributed by atoms with Gasteiger partial charge in [0.25, 0.3) is 5.12 Å². The lowest BCUT2D eigenvalue weighted by Gasteiger charge is -2.48. The summed E-state index contributed by atoms with van der Waals surface area (Å²) in [4.78, 5) is 56.4. The third-order valence-electron chi connectivity index (χ3n) is 5.60. The van der Waals surface area contributed by atoms with Crippen LogP contribution in [0, 0.1) is 11.7 Å². The molecule has 3 N–H and O–H groups in total. The van der Waals surface area contributed by atoms with Gasteiger partial charge in [0.1, 0.15) is 10.9 Å². The normalized spacial score (nSPS) is 27.9. The van der Waals surface area contributed by atoms with Crippen LogP contribution in [-0.4, -0.2) is 70.9 Å². The molecule has 0 radical (unpaired) electrons. The zero-order valence-corrected chi connectivity index (χ0v) is 17.4. The van der Waals surface area contributed by atoms with Crippen LogP contribution < -0.4 is 16.0 Å². The van der Waals surface area contributed by atoms with E-state index in [4.69, 9.17) is 10.5 Å². The molecule has 3 aliphatic heterocycles. The molecule has 31 heavy (non-hydrogen) atoms. The summed E-state index contributed by atoms with van der Waals surface area (Å²) in [6.07, 6.45) is -2.05. The minimum absolute atomic E-state index is 0.00221. The zero-order chi connectivity index (χ0) is 22.3. The SMILES string of the molecule is CC(C(N)=O)C1OC(=O)N(c2cccc(F)c2)C1(C1=NC(=O)C(=O)S1)N1CCNCC1. The van der Waals surface area contributed by atoms with Gasteiger partial charge in [-0.25, -0.2) is 14.1 Å². The van der Waals surface area contributed by atoms with Gasteiger partial charge in [0.05, 0.1) is 11.6 Å². The number of anilines is 1. The first kappa shape index (κ1) is 21.4. The van der Waals surface area contributed by atoms with Crippen molar-refractivity contribution in [2.45, 2.75) is 18.7 Å². The molecule has 1 aromatic carbocycles. The molecule has 2 saturated heterocycles. The van der Waals surface area contributed by atoms with E-state index in [1.54, 1.807) is 0 Å². The van der Waals surface area contributed by atoms with Crippen molar-refractivity contribution in [3.05, 3.63) is 30.1 Å². The maximum Gasteiger partial charge on any atom is 0.416 e. The number of aliphatic imine (C=N–C) groups is 1. The van der Waals surface area contributed by atoms with Crippen LogP contribution in [0.1, 0.15) is 6.92 Å². The number of halogens is 1. The second kappa shape index (κ2) is 8.02. The maximum atomic E-state index is 14.1. The Bertz CT molecular complexity index is 998. The molecule has 3 atom stereocenters. The predicted molar refractivity (Wildman–Crippen MR) is 110 cm³/mol. The number of hydrogen-bond donors (Lipinski definition) is 2. The van der Waals surface area contributed by atoms with Gasteiger partial charge in [-0.1, -0.05) is 6.07 Å². The topological polar surface area (TPSA) is 134 Å². The Kier molecular flexibility index (Phi) is 5.54. The Labute approximate surface area is 181 Å². The van der Waals surface area contributed by atoms with Crippen LogP contribution in [-0.2, 0) is 19.1 Å². The van der Waals surface area contributed by atoms with Crippen LogP contribution in [0.4, 0.5) is 14.9 Å². The summed E-state index contributed by atoms with van der Waals surface area (Å²) in [7, 11) is 0. The Morgan fingerprint density at radius 1 is 1.35 bits per heavy atom. The molecule has 0 saturated carbocycles. The highest BCUT2D eigenvalue weighted by molar-refractivity contribution is 8.28. The average molecular weight is 449 g/mol. The highest BCUT2D eigenvalue weighted by Crippen LogP contribution is 2.46. The number of nitrogens with two attached hydrogens (primary N) is 1. The predicted octanol–water partition coefficient (Wildman–Crippen LogP) is 0.0723. The van der Waals surface area contributed by atoms with Crippen molar-refractivity contribution in [3.63, 3.8) is 0 Å². The summed E-state index contributed by atoms with van der Waals surface area (Å²) < 4.78 is 19.7. The summed E-state index contributed by atoms with van der Waals surface area (Å²) >= 11 is 0.581. The van der Waals surface area contributed by atoms with Crippen molar-refractivity contribution in [1.82, 2.24) is 10.2 Å². The van der Waals surface area contributed by atoms with Crippen LogP contribution in [0.3, 0.4) is 0 Å². The van der Waals surface area contributed by atoms with Gasteiger partial charge in [-0.2, -0.15) is 4.99 Å². The number of nitrogens with one attached hydrogen (secondary N) is 1. The number of nitrogens with zero attached hydrogens (tertiary/aromatic N) is 3. The third-order valence-corrected chi connectivity index (χ3v) is 6.54. The standard InChI is InChI=1S/C19H20FN5O5S/c1-10(14(21)26)13-19(24-7-5-22-6-8-24,17-23-15(27)16(28)31-17)25(18(29)30-13)12-4-2-3-11(20)9-12/h2-4,9-10,13,22H,5-8H2,1H3,(H2,21,26). The summed E-state index contributed by atoms with van der Waals surface area (Å²) in [5, 5.41) is 2.37. The summed E-state index contributed by atoms with van der Waals surface area (Å²) in [5.41, 5.74) is 4.06. The second-order valence-corrected chi connectivity index (χ2v) is 8.35. The average Bonchev–Trinajstić information content (AvgIpc) is 3.25. The number of carbonyl (C=O) groups is 4. The van der Waals surface area contributed by atoms with Gasteiger partial charge in [-0.3, -0.25) is 19.3 Å². The van der Waals surface area contributed by atoms with Crippen molar-refractivity contribution < 1.29 is 28.3 Å². The molecular weight excluding hydrogens is 429 g/mol. The number of ether oxygens (including phenoxy) is 1.